The van der Waals surface area contributed by atoms with Crippen LogP contribution in [0.2, 0.25) is 0 Å². The lowest BCUT2D eigenvalue weighted by atomic mass is 10.1. The maximum absolute atomic E-state index is 5.95. The van der Waals surface area contributed by atoms with E-state index in [1.807, 2.05) is 17.9 Å². The number of rotatable bonds is 3. The van der Waals surface area contributed by atoms with E-state index in [4.69, 9.17) is 5.73 Å². The van der Waals surface area contributed by atoms with Crippen molar-refractivity contribution in [1.29, 1.82) is 0 Å². The highest BCUT2D eigenvalue weighted by molar-refractivity contribution is 7.09. The number of nitrogens with two attached hydrogens (primary N) is 1. The third-order valence-electron chi connectivity index (χ3n) is 1.85. The summed E-state index contributed by atoms with van der Waals surface area (Å²) in [4.78, 5) is 5.20. The SMILES string of the molecule is NC(Cc1cncs1)c1cn[nH]c1. The highest BCUT2D eigenvalue weighted by atomic mass is 32.1. The molecule has 2 aromatic rings. The second kappa shape index (κ2) is 3.68. The maximum Gasteiger partial charge on any atom is 0.0794 e. The number of thiazole rings is 1. The fourth-order valence-corrected chi connectivity index (χ4v) is 1.80. The van der Waals surface area contributed by atoms with Crippen molar-refractivity contribution < 1.29 is 0 Å². The first-order valence-corrected chi connectivity index (χ1v) is 4.86. The first-order chi connectivity index (χ1) is 6.36. The molecule has 13 heavy (non-hydrogen) atoms. The number of nitrogens with zero attached hydrogens (tertiary/aromatic N) is 2. The summed E-state index contributed by atoms with van der Waals surface area (Å²) in [7, 11) is 0. The van der Waals surface area contributed by atoms with Crippen molar-refractivity contribution in [2.45, 2.75) is 12.5 Å². The minimum Gasteiger partial charge on any atom is -0.324 e. The van der Waals surface area contributed by atoms with Gasteiger partial charge in [-0.1, -0.05) is 0 Å². The largest absolute Gasteiger partial charge is 0.324 e. The molecule has 3 N–H and O–H groups in total. The molecule has 0 aromatic carbocycles. The van der Waals surface area contributed by atoms with Crippen LogP contribution in [0.15, 0.2) is 24.1 Å². The Balaban J connectivity index is 2.04. The molecule has 2 rings (SSSR count). The highest BCUT2D eigenvalue weighted by Gasteiger charge is 2.08. The Morgan fingerprint density at radius 1 is 1.54 bits per heavy atom. The topological polar surface area (TPSA) is 67.6 Å². The van der Waals surface area contributed by atoms with Gasteiger partial charge in [-0.2, -0.15) is 5.10 Å². The first kappa shape index (κ1) is 8.40. The molecule has 0 fully saturated rings. The Morgan fingerprint density at radius 3 is 3.08 bits per heavy atom. The molecule has 0 spiro atoms. The predicted molar refractivity (Wildman–Crippen MR) is 51.3 cm³/mol. The lowest BCUT2D eigenvalue weighted by Gasteiger charge is -2.05. The van der Waals surface area contributed by atoms with Crippen LogP contribution in [-0.2, 0) is 6.42 Å². The summed E-state index contributed by atoms with van der Waals surface area (Å²) in [6.45, 7) is 0. The Bertz CT molecular complexity index is 340. The van der Waals surface area contributed by atoms with Gasteiger partial charge in [0.05, 0.1) is 11.7 Å². The van der Waals surface area contributed by atoms with Crippen molar-refractivity contribution in [3.63, 3.8) is 0 Å². The van der Waals surface area contributed by atoms with Crippen molar-refractivity contribution in [1.82, 2.24) is 15.2 Å². The van der Waals surface area contributed by atoms with Crippen LogP contribution in [0.4, 0.5) is 0 Å². The average Bonchev–Trinajstić information content (AvgIpc) is 2.74. The van der Waals surface area contributed by atoms with Gasteiger partial charge in [0.15, 0.2) is 0 Å². The molecule has 0 radical (unpaired) electrons. The summed E-state index contributed by atoms with van der Waals surface area (Å²) in [5.74, 6) is 0. The van der Waals surface area contributed by atoms with Gasteiger partial charge in [0.2, 0.25) is 0 Å². The van der Waals surface area contributed by atoms with Crippen LogP contribution < -0.4 is 5.73 Å². The molecule has 0 aliphatic rings. The van der Waals surface area contributed by atoms with E-state index >= 15 is 0 Å². The zero-order valence-electron chi connectivity index (χ0n) is 6.97. The number of aromatic nitrogens is 3. The van der Waals surface area contributed by atoms with E-state index < -0.39 is 0 Å². The van der Waals surface area contributed by atoms with Gasteiger partial charge in [-0.15, -0.1) is 11.3 Å². The summed E-state index contributed by atoms with van der Waals surface area (Å²) in [5.41, 5.74) is 8.80. The van der Waals surface area contributed by atoms with Crippen LogP contribution in [0.1, 0.15) is 16.5 Å². The third kappa shape index (κ3) is 1.93. The van der Waals surface area contributed by atoms with Gasteiger partial charge in [-0.05, 0) is 0 Å². The molecule has 2 aromatic heterocycles. The van der Waals surface area contributed by atoms with Gasteiger partial charge >= 0.3 is 0 Å². The maximum atomic E-state index is 5.95. The van der Waals surface area contributed by atoms with Crippen LogP contribution in [0.25, 0.3) is 0 Å². The van der Waals surface area contributed by atoms with Crippen LogP contribution in [0.3, 0.4) is 0 Å². The minimum atomic E-state index is 0.0131. The van der Waals surface area contributed by atoms with Crippen molar-refractivity contribution in [2.24, 2.45) is 5.73 Å². The molecule has 0 aliphatic carbocycles. The van der Waals surface area contributed by atoms with Crippen LogP contribution in [-0.4, -0.2) is 15.2 Å². The standard InChI is InChI=1S/C8H10N4S/c9-8(6-2-11-12-3-6)1-7-4-10-5-13-7/h2-5,8H,1,9H2,(H,11,12). The molecular formula is C8H10N4S. The smallest absolute Gasteiger partial charge is 0.0794 e. The van der Waals surface area contributed by atoms with Gasteiger partial charge in [0.25, 0.3) is 0 Å². The molecule has 2 heterocycles. The molecule has 68 valence electrons. The van der Waals surface area contributed by atoms with Crippen molar-refractivity contribution in [3.8, 4) is 0 Å². The van der Waals surface area contributed by atoms with E-state index in [0.717, 1.165) is 12.0 Å². The molecule has 4 nitrogen and oxygen atoms in total. The van der Waals surface area contributed by atoms with E-state index in [1.165, 1.54) is 4.88 Å². The van der Waals surface area contributed by atoms with E-state index in [0.29, 0.717) is 0 Å². The zero-order valence-corrected chi connectivity index (χ0v) is 7.79. The Hall–Kier alpha value is -1.20. The molecule has 5 heteroatoms. The second-order valence-corrected chi connectivity index (χ2v) is 3.78. The van der Waals surface area contributed by atoms with E-state index in [-0.39, 0.29) is 6.04 Å². The van der Waals surface area contributed by atoms with E-state index in [1.54, 1.807) is 17.5 Å². The quantitative estimate of drug-likeness (QED) is 0.769. The molecule has 0 amide bonds. The number of hydrogen-bond acceptors (Lipinski definition) is 4. The van der Waals surface area contributed by atoms with Crippen molar-refractivity contribution in [2.75, 3.05) is 0 Å². The monoisotopic (exact) mass is 194 g/mol. The average molecular weight is 194 g/mol. The summed E-state index contributed by atoms with van der Waals surface area (Å²) in [6.07, 6.45) is 6.26. The minimum absolute atomic E-state index is 0.0131. The summed E-state index contributed by atoms with van der Waals surface area (Å²) in [5, 5.41) is 6.60. The summed E-state index contributed by atoms with van der Waals surface area (Å²) in [6, 6.07) is 0.0131. The number of aromatic amines is 1. The molecule has 0 saturated carbocycles. The van der Waals surface area contributed by atoms with Gasteiger partial charge in [-0.25, -0.2) is 0 Å². The van der Waals surface area contributed by atoms with E-state index in [9.17, 15) is 0 Å². The summed E-state index contributed by atoms with van der Waals surface area (Å²) < 4.78 is 0. The molecule has 0 saturated heterocycles. The number of H-pyrrole nitrogens is 1. The first-order valence-electron chi connectivity index (χ1n) is 3.98. The lowest BCUT2D eigenvalue weighted by molar-refractivity contribution is 0.729. The lowest BCUT2D eigenvalue weighted by Crippen LogP contribution is -2.11. The van der Waals surface area contributed by atoms with Gasteiger partial charge < -0.3 is 5.73 Å². The summed E-state index contributed by atoms with van der Waals surface area (Å²) >= 11 is 1.63. The molecule has 1 atom stereocenters. The fourth-order valence-electron chi connectivity index (χ4n) is 1.14. The van der Waals surface area contributed by atoms with E-state index in [2.05, 4.69) is 15.2 Å². The van der Waals surface area contributed by atoms with Crippen molar-refractivity contribution >= 4 is 11.3 Å². The zero-order chi connectivity index (χ0) is 9.10. The third-order valence-corrected chi connectivity index (χ3v) is 2.65. The predicted octanol–water partition coefficient (Wildman–Crippen LogP) is 1.11. The van der Waals surface area contributed by atoms with Gasteiger partial charge in [0.1, 0.15) is 0 Å². The molecule has 1 unspecified atom stereocenters. The fraction of sp³-hybridized carbons (Fsp3) is 0.250. The normalized spacial score (nSPS) is 13.0. The van der Waals surface area contributed by atoms with Crippen LogP contribution in [0, 0.1) is 0 Å². The van der Waals surface area contributed by atoms with Gasteiger partial charge in [-0.3, -0.25) is 10.1 Å². The molecular weight excluding hydrogens is 184 g/mol. The highest BCUT2D eigenvalue weighted by Crippen LogP contribution is 2.16. The Labute approximate surface area is 79.8 Å². The Morgan fingerprint density at radius 2 is 2.46 bits per heavy atom. The van der Waals surface area contributed by atoms with Gasteiger partial charge in [0, 0.05) is 35.3 Å². The second-order valence-electron chi connectivity index (χ2n) is 2.81. The van der Waals surface area contributed by atoms with Crippen molar-refractivity contribution in [3.05, 3.63) is 34.5 Å². The molecule has 0 bridgehead atoms. The number of hydrogen-bond donors (Lipinski definition) is 2. The van der Waals surface area contributed by atoms with Crippen LogP contribution in [0.5, 0.6) is 0 Å². The molecule has 0 aliphatic heterocycles. The number of nitrogens with one attached hydrogen (secondary N) is 1. The van der Waals surface area contributed by atoms with Crippen LogP contribution >= 0.6 is 11.3 Å². The Kier molecular flexibility index (Phi) is 2.37.